The Morgan fingerprint density at radius 1 is 1.41 bits per heavy atom. The second kappa shape index (κ2) is 5.19. The number of nitrogens with one attached hydrogen (secondary N) is 2. The fourth-order valence-electron chi connectivity index (χ4n) is 3.29. The SMILES string of the molecule is O=C(NC1CCS(=O)(=O)C2(CCC2)C1)c1cc(F)c[nH]c1=O. The molecule has 3 rings (SSSR count). The smallest absolute Gasteiger partial charge is 0.260 e. The van der Waals surface area contributed by atoms with E-state index in [0.29, 0.717) is 25.7 Å². The summed E-state index contributed by atoms with van der Waals surface area (Å²) >= 11 is 0. The Balaban J connectivity index is 1.75. The summed E-state index contributed by atoms with van der Waals surface area (Å²) in [4.78, 5) is 25.8. The number of carbonyl (C=O) groups excluding carboxylic acids is 1. The molecule has 1 aliphatic carbocycles. The van der Waals surface area contributed by atoms with Gasteiger partial charge < -0.3 is 10.3 Å². The van der Waals surface area contributed by atoms with E-state index < -0.39 is 31.9 Å². The van der Waals surface area contributed by atoms with Crippen molar-refractivity contribution in [1.82, 2.24) is 10.3 Å². The predicted octanol–water partition coefficient (Wildman–Crippen LogP) is 0.744. The topological polar surface area (TPSA) is 96.1 Å². The van der Waals surface area contributed by atoms with Gasteiger partial charge in [0.1, 0.15) is 11.4 Å². The maximum atomic E-state index is 13.1. The molecule has 8 heteroatoms. The van der Waals surface area contributed by atoms with Gasteiger partial charge in [-0.2, -0.15) is 0 Å². The summed E-state index contributed by atoms with van der Waals surface area (Å²) in [6.07, 6.45) is 3.71. The number of halogens is 1. The molecule has 1 amide bonds. The summed E-state index contributed by atoms with van der Waals surface area (Å²) in [6, 6.07) is 0.575. The molecule has 2 fully saturated rings. The molecule has 1 aliphatic heterocycles. The van der Waals surface area contributed by atoms with E-state index in [9.17, 15) is 22.4 Å². The van der Waals surface area contributed by atoms with E-state index in [1.54, 1.807) is 0 Å². The monoisotopic (exact) mass is 328 g/mol. The molecule has 1 spiro atoms. The zero-order chi connectivity index (χ0) is 16.0. The number of hydrogen-bond acceptors (Lipinski definition) is 4. The predicted molar refractivity (Wildman–Crippen MR) is 77.9 cm³/mol. The molecule has 2 aliphatic rings. The summed E-state index contributed by atoms with van der Waals surface area (Å²) in [6.45, 7) is 0. The van der Waals surface area contributed by atoms with Crippen LogP contribution in [0, 0.1) is 5.82 Å². The van der Waals surface area contributed by atoms with Gasteiger partial charge in [0.15, 0.2) is 9.84 Å². The highest BCUT2D eigenvalue weighted by Gasteiger charge is 2.52. The van der Waals surface area contributed by atoms with Gasteiger partial charge in [0.05, 0.1) is 10.5 Å². The molecular weight excluding hydrogens is 311 g/mol. The first-order valence-corrected chi connectivity index (χ1v) is 8.90. The average molecular weight is 328 g/mol. The van der Waals surface area contributed by atoms with E-state index in [-0.39, 0.29) is 17.4 Å². The van der Waals surface area contributed by atoms with Crippen LogP contribution in [0.5, 0.6) is 0 Å². The van der Waals surface area contributed by atoms with Crippen LogP contribution in [-0.2, 0) is 9.84 Å². The Kier molecular flexibility index (Phi) is 3.58. The summed E-state index contributed by atoms with van der Waals surface area (Å²) in [5, 5.41) is 2.67. The average Bonchev–Trinajstić information content (AvgIpc) is 2.41. The van der Waals surface area contributed by atoms with Crippen LogP contribution in [0.4, 0.5) is 4.39 Å². The van der Waals surface area contributed by atoms with Crippen molar-refractivity contribution < 1.29 is 17.6 Å². The largest absolute Gasteiger partial charge is 0.349 e. The van der Waals surface area contributed by atoms with E-state index in [1.807, 2.05) is 0 Å². The van der Waals surface area contributed by atoms with Crippen LogP contribution < -0.4 is 10.9 Å². The number of amides is 1. The van der Waals surface area contributed by atoms with Crippen LogP contribution in [0.15, 0.2) is 17.1 Å². The second-order valence-corrected chi connectivity index (χ2v) is 8.58. The molecule has 1 atom stereocenters. The van der Waals surface area contributed by atoms with Crippen molar-refractivity contribution in [1.29, 1.82) is 0 Å². The summed E-state index contributed by atoms with van der Waals surface area (Å²) in [7, 11) is -3.11. The molecule has 1 aromatic rings. The number of sulfone groups is 1. The van der Waals surface area contributed by atoms with Gasteiger partial charge in [0, 0.05) is 12.2 Å². The number of rotatable bonds is 2. The number of carbonyl (C=O) groups is 1. The molecule has 0 bridgehead atoms. The molecule has 1 saturated heterocycles. The lowest BCUT2D eigenvalue weighted by atomic mass is 9.78. The van der Waals surface area contributed by atoms with Crippen molar-refractivity contribution in [2.24, 2.45) is 0 Å². The highest BCUT2D eigenvalue weighted by molar-refractivity contribution is 7.92. The van der Waals surface area contributed by atoms with Crippen molar-refractivity contribution in [3.8, 4) is 0 Å². The maximum Gasteiger partial charge on any atom is 0.260 e. The minimum absolute atomic E-state index is 0.0391. The number of pyridine rings is 1. The fourth-order valence-corrected chi connectivity index (χ4v) is 5.68. The van der Waals surface area contributed by atoms with E-state index >= 15 is 0 Å². The third-order valence-corrected chi connectivity index (χ3v) is 7.39. The van der Waals surface area contributed by atoms with Crippen LogP contribution in [0.3, 0.4) is 0 Å². The summed E-state index contributed by atoms with van der Waals surface area (Å²) < 4.78 is 36.8. The van der Waals surface area contributed by atoms with Gasteiger partial charge in [-0.1, -0.05) is 6.42 Å². The van der Waals surface area contributed by atoms with Gasteiger partial charge >= 0.3 is 0 Å². The third-order valence-electron chi connectivity index (χ3n) is 4.73. The quantitative estimate of drug-likeness (QED) is 0.837. The molecular formula is C14H17FN2O4S. The van der Waals surface area contributed by atoms with Crippen LogP contribution in [0.1, 0.15) is 42.5 Å². The first-order chi connectivity index (χ1) is 10.3. The summed E-state index contributed by atoms with van der Waals surface area (Å²) in [5.41, 5.74) is -0.961. The number of hydrogen-bond donors (Lipinski definition) is 2. The Hall–Kier alpha value is -1.70. The van der Waals surface area contributed by atoms with E-state index in [4.69, 9.17) is 0 Å². The Morgan fingerprint density at radius 2 is 2.14 bits per heavy atom. The second-order valence-electron chi connectivity index (χ2n) is 6.08. The molecule has 2 N–H and O–H groups in total. The highest BCUT2D eigenvalue weighted by atomic mass is 32.2. The van der Waals surface area contributed by atoms with Gasteiger partial charge in [0.25, 0.3) is 11.5 Å². The fraction of sp³-hybridized carbons (Fsp3) is 0.571. The van der Waals surface area contributed by atoms with Gasteiger partial charge in [-0.05, 0) is 31.7 Å². The van der Waals surface area contributed by atoms with Crippen LogP contribution >= 0.6 is 0 Å². The standard InChI is InChI=1S/C14H17FN2O4S/c15-9-6-11(12(18)16-8-9)13(19)17-10-2-5-22(20,21)14(7-10)3-1-4-14/h6,8,10H,1-5,7H2,(H,16,18)(H,17,19). The zero-order valence-electron chi connectivity index (χ0n) is 11.9. The normalized spacial score (nSPS) is 25.4. The zero-order valence-corrected chi connectivity index (χ0v) is 12.7. The molecule has 22 heavy (non-hydrogen) atoms. The molecule has 1 saturated carbocycles. The first-order valence-electron chi connectivity index (χ1n) is 7.24. The molecule has 1 aromatic heterocycles. The molecule has 0 radical (unpaired) electrons. The lowest BCUT2D eigenvalue weighted by Crippen LogP contribution is -2.56. The number of aromatic amines is 1. The van der Waals surface area contributed by atoms with Gasteiger partial charge in [-0.25, -0.2) is 12.8 Å². The first kappa shape index (κ1) is 15.2. The van der Waals surface area contributed by atoms with Crippen molar-refractivity contribution in [2.75, 3.05) is 5.75 Å². The lowest BCUT2D eigenvalue weighted by Gasteiger charge is -2.46. The van der Waals surface area contributed by atoms with Crippen LogP contribution in [-0.4, -0.2) is 35.9 Å². The van der Waals surface area contributed by atoms with Crippen molar-refractivity contribution in [3.63, 3.8) is 0 Å². The third kappa shape index (κ3) is 2.45. The molecule has 120 valence electrons. The van der Waals surface area contributed by atoms with E-state index in [1.165, 1.54) is 0 Å². The van der Waals surface area contributed by atoms with Crippen molar-refractivity contribution in [3.05, 3.63) is 34.0 Å². The van der Waals surface area contributed by atoms with Gasteiger partial charge in [-0.15, -0.1) is 0 Å². The summed E-state index contributed by atoms with van der Waals surface area (Å²) in [5.74, 6) is -1.33. The Morgan fingerprint density at radius 3 is 2.77 bits per heavy atom. The van der Waals surface area contributed by atoms with E-state index in [2.05, 4.69) is 10.3 Å². The Labute approximate surface area is 127 Å². The maximum absolute atomic E-state index is 13.1. The number of H-pyrrole nitrogens is 1. The van der Waals surface area contributed by atoms with Crippen molar-refractivity contribution >= 4 is 15.7 Å². The van der Waals surface area contributed by atoms with E-state index in [0.717, 1.165) is 18.7 Å². The van der Waals surface area contributed by atoms with Crippen LogP contribution in [0.25, 0.3) is 0 Å². The highest BCUT2D eigenvalue weighted by Crippen LogP contribution is 2.46. The minimum Gasteiger partial charge on any atom is -0.349 e. The Bertz CT molecular complexity index is 767. The van der Waals surface area contributed by atoms with Gasteiger partial charge in [-0.3, -0.25) is 9.59 Å². The lowest BCUT2D eigenvalue weighted by molar-refractivity contribution is 0.0922. The number of aromatic nitrogens is 1. The van der Waals surface area contributed by atoms with Crippen molar-refractivity contribution in [2.45, 2.75) is 42.9 Å². The molecule has 0 aromatic carbocycles. The molecule has 6 nitrogen and oxygen atoms in total. The minimum atomic E-state index is -3.11. The van der Waals surface area contributed by atoms with Crippen LogP contribution in [0.2, 0.25) is 0 Å². The molecule has 1 unspecified atom stereocenters. The molecule has 2 heterocycles. The van der Waals surface area contributed by atoms with Gasteiger partial charge in [0.2, 0.25) is 0 Å².